The van der Waals surface area contributed by atoms with Crippen molar-refractivity contribution >= 4 is 15.9 Å². The number of rotatable bonds is 5. The predicted octanol–water partition coefficient (Wildman–Crippen LogP) is 0.797. The lowest BCUT2D eigenvalue weighted by Gasteiger charge is -2.23. The first-order chi connectivity index (χ1) is 9.07. The smallest absolute Gasteiger partial charge is 0.251 e. The van der Waals surface area contributed by atoms with Gasteiger partial charge in [-0.05, 0) is 38.5 Å². The summed E-state index contributed by atoms with van der Waals surface area (Å²) in [5.74, 6) is -0.363. The van der Waals surface area contributed by atoms with Crippen molar-refractivity contribution in [1.29, 1.82) is 0 Å². The van der Waals surface area contributed by atoms with Crippen molar-refractivity contribution in [1.82, 2.24) is 5.32 Å². The minimum atomic E-state index is -3.83. The zero-order valence-electron chi connectivity index (χ0n) is 12.1. The Hall–Kier alpha value is -1.44. The van der Waals surface area contributed by atoms with Crippen molar-refractivity contribution < 1.29 is 17.9 Å². The van der Waals surface area contributed by atoms with Gasteiger partial charge in [-0.1, -0.05) is 6.07 Å². The maximum absolute atomic E-state index is 12.1. The molecule has 0 radical (unpaired) electrons. The zero-order chi connectivity index (χ0) is 15.6. The van der Waals surface area contributed by atoms with Crippen LogP contribution in [0.3, 0.4) is 0 Å². The largest absolute Gasteiger partial charge is 0.377 e. The molecule has 0 atom stereocenters. The third-order valence-corrected chi connectivity index (χ3v) is 3.92. The summed E-state index contributed by atoms with van der Waals surface area (Å²) < 4.78 is 27.8. The summed E-state index contributed by atoms with van der Waals surface area (Å²) in [5, 5.41) is 7.77. The molecule has 112 valence electrons. The zero-order valence-corrected chi connectivity index (χ0v) is 12.9. The highest BCUT2D eigenvalue weighted by molar-refractivity contribution is 7.89. The van der Waals surface area contributed by atoms with E-state index in [-0.39, 0.29) is 16.4 Å². The van der Waals surface area contributed by atoms with Gasteiger partial charge in [0.05, 0.1) is 10.5 Å². The molecular weight excluding hydrogens is 280 g/mol. The molecule has 7 heteroatoms. The number of carbonyl (C=O) groups is 1. The number of nitrogens with one attached hydrogen (secondary N) is 1. The summed E-state index contributed by atoms with van der Waals surface area (Å²) in [6, 6.07) is 4.20. The molecule has 0 saturated heterocycles. The van der Waals surface area contributed by atoms with Crippen molar-refractivity contribution in [3.05, 3.63) is 29.3 Å². The number of amides is 1. The predicted molar refractivity (Wildman–Crippen MR) is 76.0 cm³/mol. The Bertz CT molecular complexity index is 609. The number of aryl methyl sites for hydroxylation is 1. The van der Waals surface area contributed by atoms with Crippen LogP contribution in [0.25, 0.3) is 0 Å². The van der Waals surface area contributed by atoms with Gasteiger partial charge in [0, 0.05) is 19.2 Å². The van der Waals surface area contributed by atoms with Gasteiger partial charge in [0.2, 0.25) is 10.0 Å². The number of carbonyl (C=O) groups excluding carboxylic acids is 1. The molecule has 0 unspecified atom stereocenters. The molecule has 3 N–H and O–H groups in total. The molecule has 1 rings (SSSR count). The van der Waals surface area contributed by atoms with Crippen molar-refractivity contribution in [2.24, 2.45) is 5.14 Å². The Morgan fingerprint density at radius 2 is 2.00 bits per heavy atom. The van der Waals surface area contributed by atoms with Crippen LogP contribution in [0.2, 0.25) is 0 Å². The summed E-state index contributed by atoms with van der Waals surface area (Å²) in [6.45, 7) is 5.70. The lowest BCUT2D eigenvalue weighted by molar-refractivity contribution is 0.0228. The Morgan fingerprint density at radius 1 is 1.40 bits per heavy atom. The molecule has 1 amide bonds. The fourth-order valence-corrected chi connectivity index (χ4v) is 2.02. The van der Waals surface area contributed by atoms with Crippen LogP contribution < -0.4 is 10.5 Å². The average Bonchev–Trinajstić information content (AvgIpc) is 2.35. The van der Waals surface area contributed by atoms with E-state index in [1.165, 1.54) is 12.1 Å². The second-order valence-corrected chi connectivity index (χ2v) is 6.73. The lowest BCUT2D eigenvalue weighted by atomic mass is 10.1. The average molecular weight is 300 g/mol. The van der Waals surface area contributed by atoms with Crippen LogP contribution in [0.15, 0.2) is 23.1 Å². The molecule has 0 aliphatic rings. The van der Waals surface area contributed by atoms with E-state index in [0.29, 0.717) is 12.1 Å². The summed E-state index contributed by atoms with van der Waals surface area (Å²) in [4.78, 5) is 12.0. The van der Waals surface area contributed by atoms with Gasteiger partial charge in [-0.3, -0.25) is 4.79 Å². The molecule has 0 heterocycles. The monoisotopic (exact) mass is 300 g/mol. The van der Waals surface area contributed by atoms with E-state index in [4.69, 9.17) is 9.88 Å². The van der Waals surface area contributed by atoms with Crippen LogP contribution in [0, 0.1) is 6.92 Å². The molecule has 6 nitrogen and oxygen atoms in total. The minimum absolute atomic E-state index is 0.0840. The highest BCUT2D eigenvalue weighted by atomic mass is 32.2. The van der Waals surface area contributed by atoms with Gasteiger partial charge in [0.1, 0.15) is 0 Å². The molecule has 0 spiro atoms. The van der Waals surface area contributed by atoms with E-state index in [9.17, 15) is 13.2 Å². The number of sulfonamides is 1. The molecule has 0 aliphatic carbocycles. The number of nitrogens with two attached hydrogens (primary N) is 1. The van der Waals surface area contributed by atoms with Gasteiger partial charge >= 0.3 is 0 Å². The van der Waals surface area contributed by atoms with Gasteiger partial charge in [-0.25, -0.2) is 13.6 Å². The topological polar surface area (TPSA) is 98.5 Å². The molecule has 0 aromatic heterocycles. The Kier molecular flexibility index (Phi) is 4.90. The molecule has 0 fully saturated rings. The summed E-state index contributed by atoms with van der Waals surface area (Å²) in [5.41, 5.74) is 0.453. The summed E-state index contributed by atoms with van der Waals surface area (Å²) >= 11 is 0. The van der Waals surface area contributed by atoms with E-state index in [2.05, 4.69) is 5.32 Å². The fourth-order valence-electron chi connectivity index (χ4n) is 1.48. The van der Waals surface area contributed by atoms with Gasteiger partial charge < -0.3 is 10.1 Å². The number of primary sulfonamides is 1. The van der Waals surface area contributed by atoms with Gasteiger partial charge in [0.15, 0.2) is 0 Å². The van der Waals surface area contributed by atoms with E-state index < -0.39 is 15.6 Å². The van der Waals surface area contributed by atoms with Crippen LogP contribution in [-0.4, -0.2) is 33.6 Å². The second kappa shape index (κ2) is 5.90. The molecule has 0 aliphatic heterocycles. The Balaban J connectivity index is 2.99. The minimum Gasteiger partial charge on any atom is -0.377 e. The van der Waals surface area contributed by atoms with E-state index in [1.54, 1.807) is 20.1 Å². The molecule has 0 saturated carbocycles. The number of hydrogen-bond donors (Lipinski definition) is 2. The molecular formula is C13H20N2O4S. The van der Waals surface area contributed by atoms with Crippen LogP contribution in [0.4, 0.5) is 0 Å². The number of ether oxygens (including phenoxy) is 1. The third kappa shape index (κ3) is 4.29. The second-order valence-electron chi connectivity index (χ2n) is 5.17. The number of hydrogen-bond acceptors (Lipinski definition) is 4. The SMILES string of the molecule is COC(C)(C)CNC(=O)c1cc(S(N)(=O)=O)ccc1C. The van der Waals surface area contributed by atoms with Gasteiger partial charge in [0.25, 0.3) is 5.91 Å². The molecule has 0 bridgehead atoms. The van der Waals surface area contributed by atoms with Gasteiger partial charge in [-0.2, -0.15) is 0 Å². The quantitative estimate of drug-likeness (QED) is 0.840. The highest BCUT2D eigenvalue weighted by Crippen LogP contribution is 2.15. The normalized spacial score (nSPS) is 12.2. The number of methoxy groups -OCH3 is 1. The van der Waals surface area contributed by atoms with E-state index in [0.717, 1.165) is 0 Å². The maximum Gasteiger partial charge on any atom is 0.251 e. The van der Waals surface area contributed by atoms with Gasteiger partial charge in [-0.15, -0.1) is 0 Å². The number of benzene rings is 1. The summed E-state index contributed by atoms with van der Waals surface area (Å²) in [6.07, 6.45) is 0. The molecule has 1 aromatic rings. The van der Waals surface area contributed by atoms with Crippen LogP contribution in [0.5, 0.6) is 0 Å². The molecule has 1 aromatic carbocycles. The first kappa shape index (κ1) is 16.6. The highest BCUT2D eigenvalue weighted by Gasteiger charge is 2.19. The van der Waals surface area contributed by atoms with E-state index in [1.807, 2.05) is 13.8 Å². The van der Waals surface area contributed by atoms with Crippen LogP contribution in [0.1, 0.15) is 29.8 Å². The van der Waals surface area contributed by atoms with Crippen molar-refractivity contribution in [2.45, 2.75) is 31.3 Å². The molecule has 20 heavy (non-hydrogen) atoms. The van der Waals surface area contributed by atoms with Crippen molar-refractivity contribution in [2.75, 3.05) is 13.7 Å². The Labute approximate surface area is 119 Å². The van der Waals surface area contributed by atoms with Crippen LogP contribution in [-0.2, 0) is 14.8 Å². The lowest BCUT2D eigenvalue weighted by Crippen LogP contribution is -2.40. The Morgan fingerprint density at radius 3 is 2.50 bits per heavy atom. The standard InChI is InChI=1S/C13H20N2O4S/c1-9-5-6-10(20(14,17)18)7-11(9)12(16)15-8-13(2,3)19-4/h5-7H,8H2,1-4H3,(H,15,16)(H2,14,17,18). The first-order valence-corrected chi connectivity index (χ1v) is 7.58. The summed E-state index contributed by atoms with van der Waals surface area (Å²) in [7, 11) is -2.27. The van der Waals surface area contributed by atoms with Crippen molar-refractivity contribution in [3.8, 4) is 0 Å². The fraction of sp³-hybridized carbons (Fsp3) is 0.462. The third-order valence-electron chi connectivity index (χ3n) is 3.01. The maximum atomic E-state index is 12.1. The van der Waals surface area contributed by atoms with Crippen molar-refractivity contribution in [3.63, 3.8) is 0 Å². The van der Waals surface area contributed by atoms with Crippen LogP contribution >= 0.6 is 0 Å². The van der Waals surface area contributed by atoms with E-state index >= 15 is 0 Å². The first-order valence-electron chi connectivity index (χ1n) is 6.03.